The Morgan fingerprint density at radius 1 is 1.11 bits per heavy atom. The molecular weight excluding hydrogens is 224 g/mol. The molecule has 102 valence electrons. The van der Waals surface area contributed by atoms with E-state index in [2.05, 4.69) is 4.99 Å². The van der Waals surface area contributed by atoms with Crippen molar-refractivity contribution in [2.45, 2.75) is 34.1 Å². The Morgan fingerprint density at radius 2 is 1.61 bits per heavy atom. The fraction of sp³-hybridized carbons (Fsp3) is 0.400. The number of hydrogen-bond donors (Lipinski definition) is 1. The van der Waals surface area contributed by atoms with Crippen LogP contribution in [0.3, 0.4) is 0 Å². The molecule has 1 rings (SSSR count). The van der Waals surface area contributed by atoms with Gasteiger partial charge in [0.1, 0.15) is 6.29 Å². The summed E-state index contributed by atoms with van der Waals surface area (Å²) < 4.78 is 0. The van der Waals surface area contributed by atoms with Crippen molar-refractivity contribution >= 4 is 18.7 Å². The van der Waals surface area contributed by atoms with Gasteiger partial charge in [-0.05, 0) is 5.56 Å². The number of nitrogens with zero attached hydrogens (tertiary/aromatic N) is 1. The van der Waals surface area contributed by atoms with Crippen molar-refractivity contribution in [3.8, 4) is 0 Å². The Bertz CT molecular complexity index is 276. The average molecular weight is 250 g/mol. The number of rotatable bonds is 3. The van der Waals surface area contributed by atoms with E-state index >= 15 is 0 Å². The molecule has 0 saturated carbocycles. The van der Waals surface area contributed by atoms with Crippen LogP contribution in [-0.4, -0.2) is 25.8 Å². The molecule has 0 fully saturated rings. The third kappa shape index (κ3) is 19.7. The highest BCUT2D eigenvalue weighted by Gasteiger charge is 1.78. The van der Waals surface area contributed by atoms with Gasteiger partial charge >= 0.3 is 0 Å². The van der Waals surface area contributed by atoms with Crippen molar-refractivity contribution in [3.63, 3.8) is 0 Å². The van der Waals surface area contributed by atoms with E-state index < -0.39 is 0 Å². The van der Waals surface area contributed by atoms with E-state index in [0.717, 1.165) is 11.8 Å². The predicted molar refractivity (Wildman–Crippen MR) is 82.1 cm³/mol. The molecule has 0 aliphatic carbocycles. The molecule has 3 nitrogen and oxygen atoms in total. The minimum atomic E-state index is 0.250. The summed E-state index contributed by atoms with van der Waals surface area (Å²) in [5.74, 6) is 0. The zero-order valence-corrected chi connectivity index (χ0v) is 12.2. The minimum Gasteiger partial charge on any atom is -0.313 e. The van der Waals surface area contributed by atoms with Gasteiger partial charge in [0.05, 0.1) is 0 Å². The van der Waals surface area contributed by atoms with E-state index in [4.69, 9.17) is 5.41 Å². The summed E-state index contributed by atoms with van der Waals surface area (Å²) in [5, 5.41) is 6.25. The second-order valence-electron chi connectivity index (χ2n) is 2.40. The molecule has 0 atom stereocenters. The lowest BCUT2D eigenvalue weighted by Gasteiger charge is -1.86. The SMILES string of the molecule is CC.CC.CN=Cc1ccccc1.N=CCC=O. The van der Waals surface area contributed by atoms with E-state index in [0.29, 0.717) is 6.29 Å². The third-order valence-corrected chi connectivity index (χ3v) is 1.29. The second-order valence-corrected chi connectivity index (χ2v) is 2.40. The van der Waals surface area contributed by atoms with Gasteiger partial charge in [0.25, 0.3) is 0 Å². The zero-order valence-electron chi connectivity index (χ0n) is 12.2. The molecular formula is C15H26N2O. The number of aldehydes is 1. The Kier molecular flexibility index (Phi) is 29.2. The van der Waals surface area contributed by atoms with Gasteiger partial charge in [-0.15, -0.1) is 0 Å². The molecule has 0 bridgehead atoms. The van der Waals surface area contributed by atoms with E-state index in [1.165, 1.54) is 0 Å². The molecule has 1 N–H and O–H groups in total. The third-order valence-electron chi connectivity index (χ3n) is 1.29. The number of hydrogen-bond acceptors (Lipinski definition) is 3. The highest BCUT2D eigenvalue weighted by Crippen LogP contribution is 1.92. The van der Waals surface area contributed by atoms with Crippen LogP contribution in [0.2, 0.25) is 0 Å². The summed E-state index contributed by atoms with van der Waals surface area (Å²) in [6.07, 6.45) is 3.83. The maximum absolute atomic E-state index is 9.25. The number of aliphatic imine (C=N–C) groups is 1. The molecule has 3 heteroatoms. The summed E-state index contributed by atoms with van der Waals surface area (Å²) in [4.78, 5) is 13.1. The van der Waals surface area contributed by atoms with E-state index in [9.17, 15) is 4.79 Å². The van der Waals surface area contributed by atoms with Crippen LogP contribution >= 0.6 is 0 Å². The van der Waals surface area contributed by atoms with Gasteiger partial charge in [-0.3, -0.25) is 4.99 Å². The maximum atomic E-state index is 9.25. The monoisotopic (exact) mass is 250 g/mol. The Hall–Kier alpha value is -1.77. The van der Waals surface area contributed by atoms with Crippen molar-refractivity contribution in [1.29, 1.82) is 5.41 Å². The summed E-state index contributed by atoms with van der Waals surface area (Å²) in [5.41, 5.74) is 1.15. The van der Waals surface area contributed by atoms with Crippen molar-refractivity contribution in [1.82, 2.24) is 0 Å². The lowest BCUT2D eigenvalue weighted by atomic mass is 10.2. The Balaban J connectivity index is -0.000000215. The molecule has 0 heterocycles. The summed E-state index contributed by atoms with van der Waals surface area (Å²) >= 11 is 0. The summed E-state index contributed by atoms with van der Waals surface area (Å²) in [6.45, 7) is 8.00. The molecule has 1 aromatic carbocycles. The molecule has 1 aromatic rings. The summed E-state index contributed by atoms with van der Waals surface area (Å²) in [7, 11) is 1.77. The normalized spacial score (nSPS) is 7.61. The van der Waals surface area contributed by atoms with Crippen LogP contribution < -0.4 is 0 Å². The van der Waals surface area contributed by atoms with Crippen molar-refractivity contribution in [3.05, 3.63) is 35.9 Å². The molecule has 0 unspecified atom stereocenters. The van der Waals surface area contributed by atoms with Crippen LogP contribution in [-0.2, 0) is 4.79 Å². The lowest BCUT2D eigenvalue weighted by Crippen LogP contribution is -1.75. The van der Waals surface area contributed by atoms with Gasteiger partial charge in [-0.1, -0.05) is 58.0 Å². The Morgan fingerprint density at radius 3 is 1.89 bits per heavy atom. The first-order valence-corrected chi connectivity index (χ1v) is 6.25. The number of nitrogens with one attached hydrogen (secondary N) is 1. The maximum Gasteiger partial charge on any atom is 0.125 e. The molecule has 0 spiro atoms. The van der Waals surface area contributed by atoms with Crippen LogP contribution in [0, 0.1) is 5.41 Å². The van der Waals surface area contributed by atoms with E-state index in [-0.39, 0.29) is 6.42 Å². The largest absolute Gasteiger partial charge is 0.313 e. The van der Waals surface area contributed by atoms with Crippen molar-refractivity contribution < 1.29 is 4.79 Å². The van der Waals surface area contributed by atoms with E-state index in [1.807, 2.05) is 64.2 Å². The minimum absolute atomic E-state index is 0.250. The van der Waals surface area contributed by atoms with Gasteiger partial charge in [0.15, 0.2) is 0 Å². The first-order valence-electron chi connectivity index (χ1n) is 6.25. The van der Waals surface area contributed by atoms with Crippen molar-refractivity contribution in [2.75, 3.05) is 7.05 Å². The molecule has 18 heavy (non-hydrogen) atoms. The van der Waals surface area contributed by atoms with Crippen molar-refractivity contribution in [2.24, 2.45) is 4.99 Å². The molecule has 0 aliphatic rings. The molecule has 0 aromatic heterocycles. The highest BCUT2D eigenvalue weighted by atomic mass is 16.1. The number of benzene rings is 1. The molecule has 0 radical (unpaired) electrons. The quantitative estimate of drug-likeness (QED) is 0.639. The fourth-order valence-corrected chi connectivity index (χ4v) is 0.736. The van der Waals surface area contributed by atoms with E-state index in [1.54, 1.807) is 7.05 Å². The first-order chi connectivity index (χ1) is 8.85. The van der Waals surface area contributed by atoms with Gasteiger partial charge in [-0.2, -0.15) is 0 Å². The van der Waals surface area contributed by atoms with Gasteiger partial charge in [0.2, 0.25) is 0 Å². The second kappa shape index (κ2) is 24.5. The standard InChI is InChI=1S/C8H9N.C3H5NO.2C2H6/c1-9-7-8-5-3-2-4-6-8;4-2-1-3-5;2*1-2/h2-7H,1H3;2-4H,1H2;2*1-2H3. The fourth-order valence-electron chi connectivity index (χ4n) is 0.736. The first kappa shape index (κ1) is 21.5. The number of carbonyl (C=O) groups is 1. The van der Waals surface area contributed by atoms with Gasteiger partial charge in [0, 0.05) is 25.9 Å². The van der Waals surface area contributed by atoms with Gasteiger partial charge in [-0.25, -0.2) is 0 Å². The zero-order chi connectivity index (χ0) is 14.6. The molecule has 0 aliphatic heterocycles. The topological polar surface area (TPSA) is 53.3 Å². The molecule has 0 amide bonds. The van der Waals surface area contributed by atoms with Crippen LogP contribution in [0.25, 0.3) is 0 Å². The smallest absolute Gasteiger partial charge is 0.125 e. The molecule has 0 saturated heterocycles. The average Bonchev–Trinajstić information content (AvgIpc) is 2.46. The lowest BCUT2D eigenvalue weighted by molar-refractivity contribution is -0.106. The van der Waals surface area contributed by atoms with Crippen LogP contribution in [0.4, 0.5) is 0 Å². The number of carbonyl (C=O) groups excluding carboxylic acids is 1. The van der Waals surface area contributed by atoms with Gasteiger partial charge < -0.3 is 10.2 Å². The predicted octanol–water partition coefficient (Wildman–Crippen LogP) is 4.01. The highest BCUT2D eigenvalue weighted by molar-refractivity contribution is 5.79. The van der Waals surface area contributed by atoms with Crippen LogP contribution in [0.5, 0.6) is 0 Å². The van der Waals surface area contributed by atoms with Crippen LogP contribution in [0.1, 0.15) is 39.7 Å². The summed E-state index contributed by atoms with van der Waals surface area (Å²) in [6, 6.07) is 10.0. The van der Waals surface area contributed by atoms with Crippen LogP contribution in [0.15, 0.2) is 35.3 Å². The Labute approximate surface area is 111 Å².